The van der Waals surface area contributed by atoms with E-state index in [2.05, 4.69) is 99.5 Å². The van der Waals surface area contributed by atoms with Crippen LogP contribution in [-0.4, -0.2) is 32.2 Å². The lowest BCUT2D eigenvalue weighted by molar-refractivity contribution is 0.00578. The first-order valence-electron chi connectivity index (χ1n) is 14.7. The standard InChI is InChI=1S/C31H55BO3Si/c1-11-15-21-28(25-32-33-30(7,8)31(9,10)34-32)27-22-18-20-26(24-27)19-16-17-23-29(5,6)35-36(12-2,13-3)14-4/h18,20,22,24-25H,11-17,19,21,23H2,1-10H3/b28-25+. The van der Waals surface area contributed by atoms with Crippen molar-refractivity contribution >= 4 is 21.0 Å². The summed E-state index contributed by atoms with van der Waals surface area (Å²) >= 11 is 0. The van der Waals surface area contributed by atoms with E-state index in [0.717, 1.165) is 19.3 Å². The zero-order chi connectivity index (χ0) is 27.0. The van der Waals surface area contributed by atoms with Gasteiger partial charge in [-0.2, -0.15) is 0 Å². The molecule has 0 unspecified atom stereocenters. The summed E-state index contributed by atoms with van der Waals surface area (Å²) in [6.45, 7) is 22.3. The Balaban J connectivity index is 2.03. The number of rotatable bonds is 15. The zero-order valence-corrected chi connectivity index (χ0v) is 26.3. The maximum atomic E-state index is 6.81. The third kappa shape index (κ3) is 8.58. The highest BCUT2D eigenvalue weighted by molar-refractivity contribution is 6.73. The highest BCUT2D eigenvalue weighted by Crippen LogP contribution is 2.38. The van der Waals surface area contributed by atoms with Crippen LogP contribution in [0.5, 0.6) is 0 Å². The van der Waals surface area contributed by atoms with E-state index in [0.29, 0.717) is 0 Å². The van der Waals surface area contributed by atoms with Crippen molar-refractivity contribution in [2.24, 2.45) is 0 Å². The molecule has 1 aliphatic heterocycles. The summed E-state index contributed by atoms with van der Waals surface area (Å²) in [4.78, 5) is 0. The third-order valence-corrected chi connectivity index (χ3v) is 13.5. The third-order valence-electron chi connectivity index (χ3n) is 8.63. The van der Waals surface area contributed by atoms with Crippen molar-refractivity contribution in [3.05, 3.63) is 41.4 Å². The monoisotopic (exact) mass is 514 g/mol. The molecule has 0 N–H and O–H groups in total. The van der Waals surface area contributed by atoms with E-state index in [9.17, 15) is 0 Å². The van der Waals surface area contributed by atoms with Gasteiger partial charge in [0, 0.05) is 0 Å². The maximum Gasteiger partial charge on any atom is 0.487 e. The summed E-state index contributed by atoms with van der Waals surface area (Å²) in [5.74, 6) is 2.22. The van der Waals surface area contributed by atoms with Gasteiger partial charge in [0.1, 0.15) is 0 Å². The van der Waals surface area contributed by atoms with Gasteiger partial charge >= 0.3 is 7.12 Å². The molecule has 0 amide bonds. The van der Waals surface area contributed by atoms with Crippen molar-refractivity contribution in [3.63, 3.8) is 0 Å². The summed E-state index contributed by atoms with van der Waals surface area (Å²) in [6.07, 6.45) is 8.03. The minimum Gasteiger partial charge on any atom is -0.412 e. The molecule has 1 fully saturated rings. The molecule has 0 aliphatic carbocycles. The molecule has 2 rings (SSSR count). The molecule has 1 heterocycles. The van der Waals surface area contributed by atoms with E-state index in [1.165, 1.54) is 60.5 Å². The first kappa shape index (κ1) is 31.3. The average Bonchev–Trinajstić information content (AvgIpc) is 3.03. The fourth-order valence-electron chi connectivity index (χ4n) is 5.22. The predicted molar refractivity (Wildman–Crippen MR) is 160 cm³/mol. The van der Waals surface area contributed by atoms with Gasteiger partial charge < -0.3 is 13.7 Å². The second-order valence-corrected chi connectivity index (χ2v) is 17.1. The number of aryl methyl sites for hydroxylation is 1. The van der Waals surface area contributed by atoms with Crippen LogP contribution < -0.4 is 0 Å². The molecule has 204 valence electrons. The normalized spacial score (nSPS) is 18.2. The molecule has 36 heavy (non-hydrogen) atoms. The zero-order valence-electron chi connectivity index (χ0n) is 25.3. The highest BCUT2D eigenvalue weighted by atomic mass is 28.4. The number of benzene rings is 1. The van der Waals surface area contributed by atoms with Crippen LogP contribution in [0.2, 0.25) is 18.1 Å². The van der Waals surface area contributed by atoms with Crippen LogP contribution in [0.3, 0.4) is 0 Å². The maximum absolute atomic E-state index is 6.81. The van der Waals surface area contributed by atoms with Crippen LogP contribution in [0, 0.1) is 0 Å². The molecular weight excluding hydrogens is 459 g/mol. The van der Waals surface area contributed by atoms with Crippen LogP contribution >= 0.6 is 0 Å². The summed E-state index contributed by atoms with van der Waals surface area (Å²) in [5, 5.41) is 0. The van der Waals surface area contributed by atoms with E-state index >= 15 is 0 Å². The van der Waals surface area contributed by atoms with Crippen LogP contribution in [0.1, 0.15) is 119 Å². The summed E-state index contributed by atoms with van der Waals surface area (Å²) in [6, 6.07) is 12.8. The number of allylic oxidation sites excluding steroid dienone is 1. The molecule has 1 aromatic carbocycles. The van der Waals surface area contributed by atoms with E-state index in [1.54, 1.807) is 0 Å². The second-order valence-electron chi connectivity index (χ2n) is 12.4. The van der Waals surface area contributed by atoms with E-state index in [1.807, 2.05) is 0 Å². The largest absolute Gasteiger partial charge is 0.487 e. The van der Waals surface area contributed by atoms with Gasteiger partial charge in [0.15, 0.2) is 8.32 Å². The SMILES string of the molecule is CCCC/C(=C\B1OC(C)(C)C(C)(C)O1)c1cccc(CCCCC(C)(C)O[Si](CC)(CC)CC)c1. The fraction of sp³-hybridized carbons (Fsp3) is 0.742. The molecule has 0 bridgehead atoms. The van der Waals surface area contributed by atoms with Crippen molar-refractivity contribution in [2.75, 3.05) is 0 Å². The Hall–Kier alpha value is -0.878. The Labute approximate surface area is 225 Å². The lowest BCUT2D eigenvalue weighted by Gasteiger charge is -2.38. The number of hydrogen-bond acceptors (Lipinski definition) is 3. The quantitative estimate of drug-likeness (QED) is 0.172. The van der Waals surface area contributed by atoms with Gasteiger partial charge in [-0.25, -0.2) is 0 Å². The Morgan fingerprint density at radius 1 is 0.944 bits per heavy atom. The number of unbranched alkanes of at least 4 members (excludes halogenated alkanes) is 2. The molecule has 1 aromatic rings. The van der Waals surface area contributed by atoms with Gasteiger partial charge in [0.05, 0.1) is 16.8 Å². The summed E-state index contributed by atoms with van der Waals surface area (Å²) < 4.78 is 19.4. The fourth-order valence-corrected chi connectivity index (χ4v) is 8.43. The Morgan fingerprint density at radius 2 is 1.56 bits per heavy atom. The lowest BCUT2D eigenvalue weighted by atomic mass is 9.83. The van der Waals surface area contributed by atoms with Gasteiger partial charge in [-0.15, -0.1) is 0 Å². The molecule has 0 aromatic heterocycles. The van der Waals surface area contributed by atoms with E-state index in [4.69, 9.17) is 13.7 Å². The van der Waals surface area contributed by atoms with Crippen LogP contribution in [0.4, 0.5) is 0 Å². The molecule has 1 aliphatic rings. The Morgan fingerprint density at radius 3 is 2.11 bits per heavy atom. The van der Waals surface area contributed by atoms with Gasteiger partial charge in [0.25, 0.3) is 0 Å². The van der Waals surface area contributed by atoms with Crippen molar-refractivity contribution < 1.29 is 13.7 Å². The van der Waals surface area contributed by atoms with Crippen molar-refractivity contribution in [3.8, 4) is 0 Å². The lowest BCUT2D eigenvalue weighted by Crippen LogP contribution is -2.44. The average molecular weight is 515 g/mol. The first-order chi connectivity index (χ1) is 16.8. The van der Waals surface area contributed by atoms with E-state index < -0.39 is 8.32 Å². The first-order valence-corrected chi connectivity index (χ1v) is 17.2. The molecule has 5 heteroatoms. The number of hydrogen-bond donors (Lipinski definition) is 0. The molecule has 1 saturated heterocycles. The molecular formula is C31H55BO3Si. The van der Waals surface area contributed by atoms with Crippen molar-refractivity contribution in [1.82, 2.24) is 0 Å². The Bertz CT molecular complexity index is 818. The predicted octanol–water partition coefficient (Wildman–Crippen LogP) is 9.40. The van der Waals surface area contributed by atoms with Crippen molar-refractivity contribution in [2.45, 2.75) is 149 Å². The van der Waals surface area contributed by atoms with Crippen LogP contribution in [0.25, 0.3) is 5.57 Å². The topological polar surface area (TPSA) is 27.7 Å². The Kier molecular flexibility index (Phi) is 11.5. The smallest absolute Gasteiger partial charge is 0.412 e. The van der Waals surface area contributed by atoms with Crippen molar-refractivity contribution in [1.29, 1.82) is 0 Å². The molecule has 0 spiro atoms. The summed E-state index contributed by atoms with van der Waals surface area (Å²) in [7, 11) is -1.86. The van der Waals surface area contributed by atoms with Crippen LogP contribution in [0.15, 0.2) is 30.2 Å². The molecule has 0 atom stereocenters. The van der Waals surface area contributed by atoms with Gasteiger partial charge in [-0.1, -0.05) is 70.8 Å². The minimum atomic E-state index is -1.57. The molecule has 3 nitrogen and oxygen atoms in total. The molecule has 0 saturated carbocycles. The highest BCUT2D eigenvalue weighted by Gasteiger charge is 2.50. The van der Waals surface area contributed by atoms with Gasteiger partial charge in [-0.3, -0.25) is 0 Å². The van der Waals surface area contributed by atoms with E-state index in [-0.39, 0.29) is 23.9 Å². The van der Waals surface area contributed by atoms with Gasteiger partial charge in [-0.05, 0) is 108 Å². The minimum absolute atomic E-state index is 0.0189. The summed E-state index contributed by atoms with van der Waals surface area (Å²) in [5.41, 5.74) is 3.43. The van der Waals surface area contributed by atoms with Crippen LogP contribution in [-0.2, 0) is 20.2 Å². The molecule has 0 radical (unpaired) electrons. The second kappa shape index (κ2) is 13.3. The van der Waals surface area contributed by atoms with Gasteiger partial charge in [0.2, 0.25) is 0 Å².